The van der Waals surface area contributed by atoms with Crippen LogP contribution in [0, 0.1) is 5.41 Å². The molecule has 2 aromatic heterocycles. The van der Waals surface area contributed by atoms with Crippen LogP contribution in [0.3, 0.4) is 0 Å². The van der Waals surface area contributed by atoms with Gasteiger partial charge in [-0.05, 0) is 45.0 Å². The highest BCUT2D eigenvalue weighted by atomic mass is 19.3. The average molecular weight is 407 g/mol. The zero-order chi connectivity index (χ0) is 21.0. The fraction of sp³-hybridized carbons (Fsp3) is 0.550. The summed E-state index contributed by atoms with van der Waals surface area (Å²) in [7, 11) is 0. The van der Waals surface area contributed by atoms with Crippen molar-refractivity contribution in [3.05, 3.63) is 34.7 Å². The van der Waals surface area contributed by atoms with Crippen molar-refractivity contribution in [3.8, 4) is 11.3 Å². The van der Waals surface area contributed by atoms with Crippen molar-refractivity contribution in [2.45, 2.75) is 46.1 Å². The Morgan fingerprint density at radius 1 is 1.28 bits per heavy atom. The molecule has 0 spiro atoms. The van der Waals surface area contributed by atoms with E-state index in [4.69, 9.17) is 0 Å². The Bertz CT molecular complexity index is 900. The molecular weight excluding hydrogens is 380 g/mol. The number of amides is 1. The van der Waals surface area contributed by atoms with E-state index < -0.39 is 17.5 Å². The fourth-order valence-electron chi connectivity index (χ4n) is 3.37. The summed E-state index contributed by atoms with van der Waals surface area (Å²) in [4.78, 5) is 26.6. The molecule has 1 amide bonds. The van der Waals surface area contributed by atoms with E-state index in [1.165, 1.54) is 25.3 Å². The largest absolute Gasteiger partial charge is 0.321 e. The molecule has 3 rings (SSSR count). The molecule has 0 saturated carbocycles. The molecule has 0 radical (unpaired) electrons. The van der Waals surface area contributed by atoms with Crippen LogP contribution in [-0.2, 0) is 4.79 Å². The van der Waals surface area contributed by atoms with Gasteiger partial charge in [-0.15, -0.1) is 0 Å². The van der Waals surface area contributed by atoms with Crippen molar-refractivity contribution in [2.75, 3.05) is 25.0 Å². The first-order chi connectivity index (χ1) is 13.8. The summed E-state index contributed by atoms with van der Waals surface area (Å²) in [6, 6.07) is 4.07. The maximum Gasteiger partial charge on any atom is 0.321 e. The lowest BCUT2D eigenvalue weighted by Gasteiger charge is -2.30. The minimum atomic E-state index is -2.93. The molecule has 1 saturated heterocycles. The molecule has 1 fully saturated rings. The van der Waals surface area contributed by atoms with Crippen molar-refractivity contribution in [3.63, 3.8) is 0 Å². The van der Waals surface area contributed by atoms with Crippen LogP contribution >= 0.6 is 0 Å². The van der Waals surface area contributed by atoms with Crippen molar-refractivity contribution >= 4 is 11.7 Å². The number of piperidine rings is 1. The number of H-pyrrole nitrogens is 1. The van der Waals surface area contributed by atoms with E-state index >= 15 is 0 Å². The van der Waals surface area contributed by atoms with Gasteiger partial charge >= 0.3 is 6.55 Å². The van der Waals surface area contributed by atoms with Gasteiger partial charge in [-0.2, -0.15) is 13.9 Å². The Morgan fingerprint density at radius 2 is 2.00 bits per heavy atom. The minimum Gasteiger partial charge on any atom is -0.309 e. The Balaban J connectivity index is 1.63. The SMILES string of the molecule is CC(C)(CCN1CCCCC1)C(=O)Nc1cc(-c2ccc(=O)n(C(F)F)c2)[nH]n1. The van der Waals surface area contributed by atoms with E-state index in [9.17, 15) is 18.4 Å². The summed E-state index contributed by atoms with van der Waals surface area (Å²) in [5.74, 6) is 0.163. The Hall–Kier alpha value is -2.55. The molecule has 29 heavy (non-hydrogen) atoms. The van der Waals surface area contributed by atoms with Crippen LogP contribution in [0.1, 0.15) is 46.1 Å². The number of hydrogen-bond donors (Lipinski definition) is 2. The Morgan fingerprint density at radius 3 is 2.69 bits per heavy atom. The smallest absolute Gasteiger partial charge is 0.309 e. The standard InChI is InChI=1S/C20H27F2N5O2/c1-20(2,8-11-26-9-4-3-5-10-26)18(29)23-16-12-15(24-25-16)14-6-7-17(28)27(13-14)19(21)22/h6-7,12-13,19H,3-5,8-11H2,1-2H3,(H2,23,24,25,29). The van der Waals surface area contributed by atoms with Crippen LogP contribution in [0.2, 0.25) is 0 Å². The molecule has 0 atom stereocenters. The van der Waals surface area contributed by atoms with Gasteiger partial charge in [0.2, 0.25) is 5.91 Å². The number of nitrogens with one attached hydrogen (secondary N) is 2. The number of aromatic amines is 1. The van der Waals surface area contributed by atoms with Gasteiger partial charge in [0.05, 0.1) is 5.69 Å². The number of hydrogen-bond acceptors (Lipinski definition) is 4. The summed E-state index contributed by atoms with van der Waals surface area (Å²) in [5.41, 5.74) is -0.547. The predicted octanol–water partition coefficient (Wildman–Crippen LogP) is 3.47. The number of carbonyl (C=O) groups excluding carboxylic acids is 1. The van der Waals surface area contributed by atoms with E-state index in [-0.39, 0.29) is 5.91 Å². The van der Waals surface area contributed by atoms with Crippen LogP contribution in [0.5, 0.6) is 0 Å². The summed E-state index contributed by atoms with van der Waals surface area (Å²) in [5, 5.41) is 9.56. The lowest BCUT2D eigenvalue weighted by molar-refractivity contribution is -0.124. The van der Waals surface area contributed by atoms with Gasteiger partial charge in [0.15, 0.2) is 5.82 Å². The third-order valence-corrected chi connectivity index (χ3v) is 5.40. The lowest BCUT2D eigenvalue weighted by Crippen LogP contribution is -2.37. The van der Waals surface area contributed by atoms with Gasteiger partial charge in [0.1, 0.15) is 0 Å². The van der Waals surface area contributed by atoms with Crippen LogP contribution < -0.4 is 10.9 Å². The third kappa shape index (κ3) is 5.29. The number of pyridine rings is 1. The zero-order valence-electron chi connectivity index (χ0n) is 16.8. The van der Waals surface area contributed by atoms with Crippen molar-refractivity contribution in [2.24, 2.45) is 5.41 Å². The van der Waals surface area contributed by atoms with E-state index in [1.807, 2.05) is 13.8 Å². The van der Waals surface area contributed by atoms with E-state index in [1.54, 1.807) is 6.07 Å². The van der Waals surface area contributed by atoms with E-state index in [2.05, 4.69) is 20.4 Å². The third-order valence-electron chi connectivity index (χ3n) is 5.40. The number of halogens is 2. The van der Waals surface area contributed by atoms with Crippen molar-refractivity contribution in [1.29, 1.82) is 0 Å². The van der Waals surface area contributed by atoms with Crippen LogP contribution in [0.15, 0.2) is 29.2 Å². The molecule has 2 aromatic rings. The summed E-state index contributed by atoms with van der Waals surface area (Å²) in [6.45, 7) is 3.92. The molecule has 1 aliphatic heterocycles. The molecular formula is C20H27F2N5O2. The highest BCUT2D eigenvalue weighted by Crippen LogP contribution is 2.25. The molecule has 0 bridgehead atoms. The molecule has 0 aromatic carbocycles. The number of alkyl halides is 2. The molecule has 0 unspecified atom stereocenters. The monoisotopic (exact) mass is 407 g/mol. The van der Waals surface area contributed by atoms with Crippen molar-refractivity contribution < 1.29 is 13.6 Å². The maximum absolute atomic E-state index is 12.9. The number of rotatable bonds is 7. The van der Waals surface area contributed by atoms with E-state index in [0.717, 1.165) is 38.3 Å². The summed E-state index contributed by atoms with van der Waals surface area (Å²) >= 11 is 0. The summed E-state index contributed by atoms with van der Waals surface area (Å²) in [6.07, 6.45) is 5.49. The topological polar surface area (TPSA) is 83.0 Å². The fourth-order valence-corrected chi connectivity index (χ4v) is 3.37. The molecule has 1 aliphatic rings. The first-order valence-corrected chi connectivity index (χ1v) is 9.86. The van der Waals surface area contributed by atoms with Gasteiger partial charge in [0.25, 0.3) is 5.56 Å². The van der Waals surface area contributed by atoms with Gasteiger partial charge in [0, 0.05) is 29.3 Å². The maximum atomic E-state index is 12.9. The quantitative estimate of drug-likeness (QED) is 0.736. The Labute approximate surface area is 168 Å². The Kier molecular flexibility index (Phi) is 6.46. The normalized spacial score (nSPS) is 15.6. The number of nitrogens with zero attached hydrogens (tertiary/aromatic N) is 3. The van der Waals surface area contributed by atoms with Crippen LogP contribution in [0.4, 0.5) is 14.6 Å². The highest BCUT2D eigenvalue weighted by molar-refractivity contribution is 5.94. The number of aromatic nitrogens is 3. The molecule has 158 valence electrons. The summed E-state index contributed by atoms with van der Waals surface area (Å²) < 4.78 is 26.2. The van der Waals surface area contributed by atoms with Gasteiger partial charge in [-0.1, -0.05) is 20.3 Å². The zero-order valence-corrected chi connectivity index (χ0v) is 16.8. The van der Waals surface area contributed by atoms with Gasteiger partial charge in [-0.3, -0.25) is 19.3 Å². The van der Waals surface area contributed by atoms with Crippen molar-refractivity contribution in [1.82, 2.24) is 19.7 Å². The second kappa shape index (κ2) is 8.86. The first-order valence-electron chi connectivity index (χ1n) is 9.86. The lowest BCUT2D eigenvalue weighted by atomic mass is 9.87. The van der Waals surface area contributed by atoms with Crippen LogP contribution in [-0.4, -0.2) is 45.2 Å². The highest BCUT2D eigenvalue weighted by Gasteiger charge is 2.29. The predicted molar refractivity (Wildman–Crippen MR) is 107 cm³/mol. The number of carbonyl (C=O) groups is 1. The van der Waals surface area contributed by atoms with E-state index in [0.29, 0.717) is 21.6 Å². The molecule has 3 heterocycles. The first kappa shape index (κ1) is 21.2. The average Bonchev–Trinajstić information content (AvgIpc) is 3.16. The molecule has 9 heteroatoms. The van der Waals surface area contributed by atoms with Gasteiger partial charge < -0.3 is 10.2 Å². The second-order valence-electron chi connectivity index (χ2n) is 8.10. The number of likely N-dealkylation sites (tertiary alicyclic amines) is 1. The van der Waals surface area contributed by atoms with Gasteiger partial charge in [-0.25, -0.2) is 0 Å². The number of anilines is 1. The minimum absolute atomic E-state index is 0.148. The molecule has 7 nitrogen and oxygen atoms in total. The second-order valence-corrected chi connectivity index (χ2v) is 8.10. The van der Waals surface area contributed by atoms with Crippen LogP contribution in [0.25, 0.3) is 11.3 Å². The molecule has 0 aliphatic carbocycles. The molecule has 2 N–H and O–H groups in total.